The summed E-state index contributed by atoms with van der Waals surface area (Å²) < 4.78 is 0. The van der Waals surface area contributed by atoms with E-state index in [-0.39, 0.29) is 6.04 Å². The van der Waals surface area contributed by atoms with E-state index in [4.69, 9.17) is 5.73 Å². The molecule has 0 amide bonds. The maximum absolute atomic E-state index is 5.68. The predicted octanol–water partition coefficient (Wildman–Crippen LogP) is 1.04. The van der Waals surface area contributed by atoms with Gasteiger partial charge in [0.05, 0.1) is 23.6 Å². The molecule has 66 valence electrons. The minimum atomic E-state index is -0.0860. The molecule has 2 N–H and O–H groups in total. The summed E-state index contributed by atoms with van der Waals surface area (Å²) in [6, 6.07) is 1.74. The van der Waals surface area contributed by atoms with Crippen LogP contribution in [0.2, 0.25) is 0 Å². The number of hydrogen-bond donors (Lipinski definition) is 1. The van der Waals surface area contributed by atoms with Crippen molar-refractivity contribution < 1.29 is 0 Å². The number of rotatable bonds is 1. The molecule has 0 fully saturated rings. The van der Waals surface area contributed by atoms with E-state index in [0.717, 1.165) is 16.7 Å². The van der Waals surface area contributed by atoms with Crippen molar-refractivity contribution in [1.29, 1.82) is 0 Å². The molecule has 0 aliphatic rings. The van der Waals surface area contributed by atoms with Crippen molar-refractivity contribution in [2.45, 2.75) is 13.0 Å². The predicted molar refractivity (Wildman–Crippen MR) is 49.9 cm³/mol. The Balaban J connectivity index is 2.62. The van der Waals surface area contributed by atoms with E-state index in [1.54, 1.807) is 18.6 Å². The summed E-state index contributed by atoms with van der Waals surface area (Å²) in [6.45, 7) is 1.88. The maximum Gasteiger partial charge on any atom is 0.107 e. The van der Waals surface area contributed by atoms with Crippen molar-refractivity contribution in [3.8, 4) is 0 Å². The van der Waals surface area contributed by atoms with Crippen LogP contribution >= 0.6 is 0 Å². The average Bonchev–Trinajstić information content (AvgIpc) is 2.17. The van der Waals surface area contributed by atoms with Crippen LogP contribution < -0.4 is 5.73 Å². The molecule has 0 aliphatic carbocycles. The van der Waals surface area contributed by atoms with Gasteiger partial charge in [-0.25, -0.2) is 4.98 Å². The number of hydrogen-bond acceptors (Lipinski definition) is 4. The van der Waals surface area contributed by atoms with Crippen molar-refractivity contribution in [2.75, 3.05) is 0 Å². The molecular formula is C9H10N4. The summed E-state index contributed by atoms with van der Waals surface area (Å²) in [6.07, 6.45) is 5.09. The Morgan fingerprint density at radius 1 is 1.31 bits per heavy atom. The second-order valence-corrected chi connectivity index (χ2v) is 2.95. The Morgan fingerprint density at radius 3 is 2.92 bits per heavy atom. The molecule has 13 heavy (non-hydrogen) atoms. The first-order valence-corrected chi connectivity index (χ1v) is 4.09. The second kappa shape index (κ2) is 3.06. The Hall–Kier alpha value is -1.55. The first-order chi connectivity index (χ1) is 6.27. The lowest BCUT2D eigenvalue weighted by atomic mass is 10.2. The average molecular weight is 174 g/mol. The summed E-state index contributed by atoms with van der Waals surface area (Å²) in [7, 11) is 0. The number of fused-ring (bicyclic) bond motifs is 1. The van der Waals surface area contributed by atoms with E-state index in [1.807, 2.05) is 13.0 Å². The third-order valence-corrected chi connectivity index (χ3v) is 1.83. The normalized spacial score (nSPS) is 13.1. The monoisotopic (exact) mass is 174 g/mol. The van der Waals surface area contributed by atoms with Gasteiger partial charge in [-0.15, -0.1) is 0 Å². The highest BCUT2D eigenvalue weighted by Crippen LogP contribution is 2.10. The van der Waals surface area contributed by atoms with Gasteiger partial charge < -0.3 is 5.73 Å². The lowest BCUT2D eigenvalue weighted by Crippen LogP contribution is -2.07. The minimum Gasteiger partial charge on any atom is -0.323 e. The molecule has 4 heteroatoms. The first kappa shape index (κ1) is 8.07. The fourth-order valence-corrected chi connectivity index (χ4v) is 1.10. The first-order valence-electron chi connectivity index (χ1n) is 4.09. The van der Waals surface area contributed by atoms with E-state index >= 15 is 0 Å². The van der Waals surface area contributed by atoms with Crippen LogP contribution in [0.3, 0.4) is 0 Å². The third-order valence-electron chi connectivity index (χ3n) is 1.83. The fourth-order valence-electron chi connectivity index (χ4n) is 1.10. The van der Waals surface area contributed by atoms with Crippen LogP contribution in [0.25, 0.3) is 11.0 Å². The number of pyridine rings is 1. The van der Waals surface area contributed by atoms with Gasteiger partial charge in [0, 0.05) is 12.2 Å². The molecule has 0 spiro atoms. The molecule has 2 aromatic rings. The SMILES string of the molecule is CC(N)c1cnc2ccncc2n1. The standard InChI is InChI=1S/C9H10N4/c1-6(10)8-5-12-7-2-3-11-4-9(7)13-8/h2-6H,10H2,1H3. The highest BCUT2D eigenvalue weighted by molar-refractivity contribution is 5.72. The molecule has 1 unspecified atom stereocenters. The number of aromatic nitrogens is 3. The fraction of sp³-hybridized carbons (Fsp3) is 0.222. The van der Waals surface area contributed by atoms with E-state index in [9.17, 15) is 0 Å². The van der Waals surface area contributed by atoms with E-state index < -0.39 is 0 Å². The number of nitrogens with two attached hydrogens (primary N) is 1. The molecule has 0 aromatic carbocycles. The Morgan fingerprint density at radius 2 is 2.15 bits per heavy atom. The minimum absolute atomic E-state index is 0.0860. The van der Waals surface area contributed by atoms with Crippen LogP contribution in [0.5, 0.6) is 0 Å². The highest BCUT2D eigenvalue weighted by Gasteiger charge is 2.02. The smallest absolute Gasteiger partial charge is 0.107 e. The number of nitrogens with zero attached hydrogens (tertiary/aromatic N) is 3. The van der Waals surface area contributed by atoms with Gasteiger partial charge >= 0.3 is 0 Å². The van der Waals surface area contributed by atoms with Crippen molar-refractivity contribution in [1.82, 2.24) is 15.0 Å². The Kier molecular flexibility index (Phi) is 1.90. The van der Waals surface area contributed by atoms with Crippen LogP contribution in [-0.2, 0) is 0 Å². The lowest BCUT2D eigenvalue weighted by Gasteiger charge is -2.03. The van der Waals surface area contributed by atoms with Crippen LogP contribution in [0.4, 0.5) is 0 Å². The van der Waals surface area contributed by atoms with Crippen molar-refractivity contribution in [3.05, 3.63) is 30.4 Å². The van der Waals surface area contributed by atoms with Crippen LogP contribution in [0.1, 0.15) is 18.7 Å². The molecular weight excluding hydrogens is 164 g/mol. The molecule has 0 radical (unpaired) electrons. The zero-order valence-corrected chi connectivity index (χ0v) is 7.31. The molecule has 0 saturated carbocycles. The van der Waals surface area contributed by atoms with Crippen molar-refractivity contribution in [2.24, 2.45) is 5.73 Å². The van der Waals surface area contributed by atoms with Gasteiger partial charge in [0.1, 0.15) is 5.52 Å². The van der Waals surface area contributed by atoms with Crippen LogP contribution in [-0.4, -0.2) is 15.0 Å². The van der Waals surface area contributed by atoms with Gasteiger partial charge in [-0.05, 0) is 13.0 Å². The van der Waals surface area contributed by atoms with E-state index in [1.165, 1.54) is 0 Å². The molecule has 4 nitrogen and oxygen atoms in total. The van der Waals surface area contributed by atoms with Gasteiger partial charge in [-0.1, -0.05) is 0 Å². The Bertz CT molecular complexity index is 425. The lowest BCUT2D eigenvalue weighted by molar-refractivity contribution is 0.780. The zero-order chi connectivity index (χ0) is 9.26. The van der Waals surface area contributed by atoms with Gasteiger partial charge in [0.2, 0.25) is 0 Å². The summed E-state index contributed by atoms with van der Waals surface area (Å²) in [5.41, 5.74) is 8.11. The largest absolute Gasteiger partial charge is 0.323 e. The molecule has 0 aliphatic heterocycles. The summed E-state index contributed by atoms with van der Waals surface area (Å²) in [5.74, 6) is 0. The molecule has 0 saturated heterocycles. The van der Waals surface area contributed by atoms with Crippen LogP contribution in [0, 0.1) is 0 Å². The summed E-state index contributed by atoms with van der Waals surface area (Å²) in [4.78, 5) is 12.5. The molecule has 2 aromatic heterocycles. The van der Waals surface area contributed by atoms with E-state index in [2.05, 4.69) is 15.0 Å². The van der Waals surface area contributed by atoms with Crippen molar-refractivity contribution >= 4 is 11.0 Å². The van der Waals surface area contributed by atoms with E-state index in [0.29, 0.717) is 0 Å². The second-order valence-electron chi connectivity index (χ2n) is 2.95. The topological polar surface area (TPSA) is 64.7 Å². The molecule has 2 rings (SSSR count). The quantitative estimate of drug-likeness (QED) is 0.701. The van der Waals surface area contributed by atoms with Gasteiger partial charge in [0.15, 0.2) is 0 Å². The highest BCUT2D eigenvalue weighted by atomic mass is 14.9. The maximum atomic E-state index is 5.68. The van der Waals surface area contributed by atoms with Gasteiger partial charge in [0.25, 0.3) is 0 Å². The van der Waals surface area contributed by atoms with Gasteiger partial charge in [-0.3, -0.25) is 9.97 Å². The summed E-state index contributed by atoms with van der Waals surface area (Å²) in [5, 5.41) is 0. The third kappa shape index (κ3) is 1.48. The molecule has 0 bridgehead atoms. The Labute approximate surface area is 75.8 Å². The van der Waals surface area contributed by atoms with Crippen LogP contribution in [0.15, 0.2) is 24.7 Å². The molecule has 2 heterocycles. The zero-order valence-electron chi connectivity index (χ0n) is 7.31. The molecule has 1 atom stereocenters. The van der Waals surface area contributed by atoms with Crippen molar-refractivity contribution in [3.63, 3.8) is 0 Å². The summed E-state index contributed by atoms with van der Waals surface area (Å²) >= 11 is 0. The van der Waals surface area contributed by atoms with Gasteiger partial charge in [-0.2, -0.15) is 0 Å².